The maximum Gasteiger partial charge on any atom is 0.416 e. The lowest BCUT2D eigenvalue weighted by Gasteiger charge is -2.30. The number of hydrogen-bond acceptors (Lipinski definition) is 7. The minimum atomic E-state index is -0.649. The lowest BCUT2D eigenvalue weighted by Crippen LogP contribution is -2.38. The normalized spacial score (nSPS) is 14.8. The van der Waals surface area contributed by atoms with Crippen LogP contribution >= 0.6 is 0 Å². The van der Waals surface area contributed by atoms with Crippen LogP contribution < -0.4 is 10.2 Å². The fraction of sp³-hybridized carbons (Fsp3) is 0.581. The van der Waals surface area contributed by atoms with Crippen LogP contribution in [-0.4, -0.2) is 53.3 Å². The van der Waals surface area contributed by atoms with Gasteiger partial charge in [-0.25, -0.2) is 9.78 Å². The van der Waals surface area contributed by atoms with Crippen LogP contribution in [0.1, 0.15) is 84.8 Å². The number of carbonyl (C=O) groups is 1. The second-order valence-corrected chi connectivity index (χ2v) is 11.9. The van der Waals surface area contributed by atoms with Gasteiger partial charge in [-0.05, 0) is 45.1 Å². The van der Waals surface area contributed by atoms with Crippen molar-refractivity contribution in [2.45, 2.75) is 85.8 Å². The minimum absolute atomic E-state index is 0. The van der Waals surface area contributed by atoms with E-state index in [1.165, 1.54) is 12.8 Å². The monoisotopic (exact) mass is 553 g/mol. The molecule has 4 rings (SSSR count). The van der Waals surface area contributed by atoms with Gasteiger partial charge in [-0.3, -0.25) is 4.90 Å². The predicted octanol–water partition coefficient (Wildman–Crippen LogP) is 7.02. The first-order valence-electron chi connectivity index (χ1n) is 13.8. The highest BCUT2D eigenvalue weighted by Gasteiger charge is 2.34. The topological polar surface area (TPSA) is 90.2 Å². The maximum absolute atomic E-state index is 13.6. The van der Waals surface area contributed by atoms with Crippen molar-refractivity contribution in [3.05, 3.63) is 53.7 Å². The summed E-state index contributed by atoms with van der Waals surface area (Å²) in [5.41, 5.74) is 2.09. The van der Waals surface area contributed by atoms with Crippen molar-refractivity contribution in [1.29, 1.82) is 0 Å². The summed E-state index contributed by atoms with van der Waals surface area (Å²) >= 11 is 0. The zero-order chi connectivity index (χ0) is 28.0. The zero-order valence-electron chi connectivity index (χ0n) is 24.2. The molecule has 9 heteroatoms. The van der Waals surface area contributed by atoms with Gasteiger partial charge in [0.15, 0.2) is 5.65 Å². The first-order valence-corrected chi connectivity index (χ1v) is 13.8. The van der Waals surface area contributed by atoms with Gasteiger partial charge in [-0.1, -0.05) is 64.4 Å². The molecule has 40 heavy (non-hydrogen) atoms. The molecule has 9 nitrogen and oxygen atoms in total. The molecule has 1 aliphatic carbocycles. The first-order chi connectivity index (χ1) is 18.6. The number of nitrogens with one attached hydrogen (secondary N) is 1. The molecule has 1 amide bonds. The Morgan fingerprint density at radius 1 is 1.18 bits per heavy atom. The molecule has 1 aliphatic rings. The van der Waals surface area contributed by atoms with Crippen LogP contribution in [0.2, 0.25) is 0 Å². The highest BCUT2D eigenvalue weighted by atomic mass is 16.7. The van der Waals surface area contributed by atoms with Gasteiger partial charge in [-0.2, -0.15) is 9.61 Å². The van der Waals surface area contributed by atoms with E-state index in [1.54, 1.807) is 16.5 Å². The molecule has 1 N–H and O–H groups in total. The quantitative estimate of drug-likeness (QED) is 0.201. The van der Waals surface area contributed by atoms with Crippen LogP contribution in [0.4, 0.5) is 16.4 Å². The third kappa shape index (κ3) is 7.73. The number of aromatic nitrogens is 3. The third-order valence-electron chi connectivity index (χ3n) is 7.09. The van der Waals surface area contributed by atoms with Gasteiger partial charge < -0.3 is 19.5 Å². The summed E-state index contributed by atoms with van der Waals surface area (Å²) in [5.74, 6) is 1.51. The molecule has 0 bridgehead atoms. The van der Waals surface area contributed by atoms with Gasteiger partial charge in [0.25, 0.3) is 0 Å². The van der Waals surface area contributed by atoms with Crippen LogP contribution in [0.3, 0.4) is 0 Å². The molecule has 1 aromatic carbocycles. The molecule has 0 saturated heterocycles. The summed E-state index contributed by atoms with van der Waals surface area (Å²) in [4.78, 5) is 20.2. The lowest BCUT2D eigenvalue weighted by atomic mass is 9.87. The molecule has 220 valence electrons. The number of carbonyl (C=O) groups excluding carboxylic acids is 1. The Balaban J connectivity index is 0.00000441. The van der Waals surface area contributed by atoms with E-state index in [9.17, 15) is 4.79 Å². The standard InChI is InChI=1S/C30H43N5O4.CH4/c1-22(2)24-17-32-35-26(34(28(36)39-29(3,4)5)18-23-12-8-7-9-13-23)16-25(33-27(24)35)31-19-30(14-10-11-15-30)20-38-21-37-6;/h7-9,12-13,16-17,22H,10-11,14-15,18-21H2,1-6H3,(H,31,33);1H4. The Morgan fingerprint density at radius 2 is 1.88 bits per heavy atom. The minimum Gasteiger partial charge on any atom is -0.443 e. The van der Waals surface area contributed by atoms with Crippen molar-refractivity contribution in [2.24, 2.45) is 5.41 Å². The third-order valence-corrected chi connectivity index (χ3v) is 7.09. The van der Waals surface area contributed by atoms with Crippen LogP contribution in [0, 0.1) is 5.41 Å². The Bertz CT molecular complexity index is 1230. The Labute approximate surface area is 239 Å². The Kier molecular flexibility index (Phi) is 10.6. The van der Waals surface area contributed by atoms with Crippen molar-refractivity contribution >= 4 is 23.4 Å². The summed E-state index contributed by atoms with van der Waals surface area (Å²) in [7, 11) is 1.64. The molecule has 2 heterocycles. The Hall–Kier alpha value is -3.17. The van der Waals surface area contributed by atoms with E-state index in [1.807, 2.05) is 63.4 Å². The highest BCUT2D eigenvalue weighted by molar-refractivity contribution is 5.88. The summed E-state index contributed by atoms with van der Waals surface area (Å²) in [5, 5.41) is 8.26. The number of hydrogen-bond donors (Lipinski definition) is 1. The van der Waals surface area contributed by atoms with Crippen molar-refractivity contribution in [3.8, 4) is 0 Å². The van der Waals surface area contributed by atoms with Crippen molar-refractivity contribution in [2.75, 3.05) is 37.3 Å². The molecular formula is C31H47N5O4. The van der Waals surface area contributed by atoms with E-state index >= 15 is 0 Å². The number of benzene rings is 1. The largest absolute Gasteiger partial charge is 0.443 e. The molecule has 3 aromatic rings. The molecule has 0 atom stereocenters. The summed E-state index contributed by atoms with van der Waals surface area (Å²) in [6.07, 6.45) is 5.93. The average Bonchev–Trinajstić information content (AvgIpc) is 3.53. The molecular weight excluding hydrogens is 506 g/mol. The first kappa shape index (κ1) is 31.4. The Morgan fingerprint density at radius 3 is 2.50 bits per heavy atom. The van der Waals surface area contributed by atoms with Crippen molar-refractivity contribution in [3.63, 3.8) is 0 Å². The molecule has 1 fully saturated rings. The number of fused-ring (bicyclic) bond motifs is 1. The SMILES string of the molecule is C.COCOCC1(CNc2cc(N(Cc3ccccc3)C(=O)OC(C)(C)C)n3ncc(C(C)C)c3n2)CCCC1. The second kappa shape index (κ2) is 13.5. The van der Waals surface area contributed by atoms with Gasteiger partial charge >= 0.3 is 6.09 Å². The fourth-order valence-electron chi connectivity index (χ4n) is 5.09. The van der Waals surface area contributed by atoms with Crippen LogP contribution in [0.15, 0.2) is 42.6 Å². The van der Waals surface area contributed by atoms with Gasteiger partial charge in [0, 0.05) is 30.7 Å². The number of ether oxygens (including phenoxy) is 3. The number of nitrogens with zero attached hydrogens (tertiary/aromatic N) is 4. The van der Waals surface area contributed by atoms with Crippen LogP contribution in [0.5, 0.6) is 0 Å². The number of amides is 1. The average molecular weight is 554 g/mol. The van der Waals surface area contributed by atoms with E-state index in [-0.39, 0.29) is 25.6 Å². The van der Waals surface area contributed by atoms with E-state index in [0.717, 1.165) is 36.2 Å². The number of methoxy groups -OCH3 is 1. The van der Waals surface area contributed by atoms with Crippen LogP contribution in [-0.2, 0) is 20.8 Å². The van der Waals surface area contributed by atoms with Crippen molar-refractivity contribution in [1.82, 2.24) is 14.6 Å². The smallest absolute Gasteiger partial charge is 0.416 e. The highest BCUT2D eigenvalue weighted by Crippen LogP contribution is 2.39. The number of anilines is 2. The summed E-state index contributed by atoms with van der Waals surface area (Å²) < 4.78 is 18.5. The van der Waals surface area contributed by atoms with E-state index < -0.39 is 11.7 Å². The molecule has 2 aromatic heterocycles. The summed E-state index contributed by atoms with van der Waals surface area (Å²) in [6.45, 7) is 11.8. The summed E-state index contributed by atoms with van der Waals surface area (Å²) in [6, 6.07) is 11.8. The zero-order valence-corrected chi connectivity index (χ0v) is 24.2. The van der Waals surface area contributed by atoms with Gasteiger partial charge in [0.05, 0.1) is 19.3 Å². The van der Waals surface area contributed by atoms with Gasteiger partial charge in [0.2, 0.25) is 0 Å². The van der Waals surface area contributed by atoms with Crippen LogP contribution in [0.25, 0.3) is 5.65 Å². The molecule has 0 unspecified atom stereocenters. The second-order valence-electron chi connectivity index (χ2n) is 11.9. The van der Waals surface area contributed by atoms with Gasteiger partial charge in [-0.15, -0.1) is 0 Å². The molecule has 0 radical (unpaired) electrons. The molecule has 1 saturated carbocycles. The molecule has 0 spiro atoms. The van der Waals surface area contributed by atoms with E-state index in [4.69, 9.17) is 19.2 Å². The predicted molar refractivity (Wildman–Crippen MR) is 160 cm³/mol. The van der Waals surface area contributed by atoms with Gasteiger partial charge in [0.1, 0.15) is 24.0 Å². The van der Waals surface area contributed by atoms with Crippen molar-refractivity contribution < 1.29 is 19.0 Å². The maximum atomic E-state index is 13.6. The van der Waals surface area contributed by atoms with E-state index in [2.05, 4.69) is 24.3 Å². The van der Waals surface area contributed by atoms with E-state index in [0.29, 0.717) is 24.8 Å². The fourth-order valence-corrected chi connectivity index (χ4v) is 5.09. The lowest BCUT2D eigenvalue weighted by molar-refractivity contribution is -0.0611. The molecule has 0 aliphatic heterocycles. The number of rotatable bonds is 11.